The van der Waals surface area contributed by atoms with Gasteiger partial charge in [0.2, 0.25) is 5.91 Å². The van der Waals surface area contributed by atoms with E-state index in [2.05, 4.69) is 25.6 Å². The van der Waals surface area contributed by atoms with E-state index in [1.807, 2.05) is 6.07 Å². The van der Waals surface area contributed by atoms with E-state index in [-0.39, 0.29) is 17.9 Å². The maximum Gasteiger partial charge on any atom is 0.223 e. The van der Waals surface area contributed by atoms with Gasteiger partial charge < -0.3 is 10.2 Å². The molecule has 6 heteroatoms. The molecule has 1 amide bonds. The molecule has 1 N–H and O–H groups in total. The molecule has 1 saturated heterocycles. The molecular formula is C15H18N4OS. The van der Waals surface area contributed by atoms with Crippen molar-refractivity contribution in [2.24, 2.45) is 5.92 Å². The Morgan fingerprint density at radius 3 is 3.10 bits per heavy atom. The topological polar surface area (TPSA) is 58.1 Å². The zero-order chi connectivity index (χ0) is 14.2. The highest BCUT2D eigenvalue weighted by atomic mass is 32.1. The van der Waals surface area contributed by atoms with Crippen LogP contribution in [0.5, 0.6) is 0 Å². The van der Waals surface area contributed by atoms with Gasteiger partial charge in [-0.1, -0.05) is 0 Å². The van der Waals surface area contributed by atoms with E-state index in [0.717, 1.165) is 54.8 Å². The molecule has 0 spiro atoms. The molecule has 3 heterocycles. The molecule has 110 valence electrons. The Morgan fingerprint density at radius 2 is 2.24 bits per heavy atom. The van der Waals surface area contributed by atoms with Gasteiger partial charge in [0, 0.05) is 25.0 Å². The number of fused-ring (bicyclic) bond motifs is 1. The normalized spacial score (nSPS) is 22.5. The number of carbonyl (C=O) groups excluding carboxylic acids is 1. The molecule has 1 aliphatic heterocycles. The van der Waals surface area contributed by atoms with Gasteiger partial charge in [-0.25, -0.2) is 9.97 Å². The minimum Gasteiger partial charge on any atom is -0.353 e. The fourth-order valence-electron chi connectivity index (χ4n) is 2.95. The number of nitrogens with one attached hydrogen (secondary N) is 1. The van der Waals surface area contributed by atoms with Crippen LogP contribution in [0.3, 0.4) is 0 Å². The van der Waals surface area contributed by atoms with Crippen molar-refractivity contribution < 1.29 is 4.79 Å². The third kappa shape index (κ3) is 2.60. The van der Waals surface area contributed by atoms with Crippen LogP contribution < -0.4 is 10.2 Å². The summed E-state index contributed by atoms with van der Waals surface area (Å²) in [6, 6.07) is 2.28. The average Bonchev–Trinajstić information content (AvgIpc) is 3.25. The quantitative estimate of drug-likeness (QED) is 0.944. The van der Waals surface area contributed by atoms with Crippen molar-refractivity contribution in [3.05, 3.63) is 17.8 Å². The smallest absolute Gasteiger partial charge is 0.223 e. The van der Waals surface area contributed by atoms with E-state index in [0.29, 0.717) is 0 Å². The molecule has 2 aromatic rings. The summed E-state index contributed by atoms with van der Waals surface area (Å²) < 4.78 is 1.15. The monoisotopic (exact) mass is 302 g/mol. The third-order valence-corrected chi connectivity index (χ3v) is 5.14. The van der Waals surface area contributed by atoms with Crippen LogP contribution in [0.2, 0.25) is 0 Å². The van der Waals surface area contributed by atoms with Crippen LogP contribution >= 0.6 is 11.3 Å². The first-order valence-corrected chi connectivity index (χ1v) is 8.43. The number of hydrogen-bond donors (Lipinski definition) is 1. The van der Waals surface area contributed by atoms with Crippen molar-refractivity contribution >= 4 is 33.3 Å². The number of amides is 1. The van der Waals surface area contributed by atoms with E-state index in [1.54, 1.807) is 17.7 Å². The number of carbonyl (C=O) groups is 1. The number of hydrogen-bond acceptors (Lipinski definition) is 5. The minimum atomic E-state index is 0.241. The van der Waals surface area contributed by atoms with Crippen LogP contribution in [0.4, 0.5) is 5.82 Å². The van der Waals surface area contributed by atoms with Crippen LogP contribution in [-0.4, -0.2) is 35.0 Å². The molecule has 2 aromatic heterocycles. The molecule has 1 saturated carbocycles. The molecule has 5 nitrogen and oxygen atoms in total. The number of anilines is 1. The van der Waals surface area contributed by atoms with Gasteiger partial charge in [-0.05, 0) is 37.1 Å². The summed E-state index contributed by atoms with van der Waals surface area (Å²) in [6.07, 6.45) is 5.91. The second-order valence-corrected chi connectivity index (χ2v) is 6.82. The highest BCUT2D eigenvalue weighted by Gasteiger charge is 2.32. The summed E-state index contributed by atoms with van der Waals surface area (Å²) in [7, 11) is 0. The summed E-state index contributed by atoms with van der Waals surface area (Å²) >= 11 is 1.68. The molecule has 0 aromatic carbocycles. The number of nitrogens with zero attached hydrogens (tertiary/aromatic N) is 3. The van der Waals surface area contributed by atoms with Crippen molar-refractivity contribution in [2.45, 2.75) is 31.7 Å². The standard InChI is InChI=1S/C15H18N4OS/c20-15(10-3-4-10)18-11-2-1-6-19(8-11)14-13-12(5-7-21-13)16-9-17-14/h5,7,9-11H,1-4,6,8H2,(H,18,20). The summed E-state index contributed by atoms with van der Waals surface area (Å²) in [5, 5.41) is 5.26. The summed E-state index contributed by atoms with van der Waals surface area (Å²) in [5.74, 6) is 1.54. The SMILES string of the molecule is O=C(NC1CCCN(c2ncnc3ccsc23)C1)C1CC1. The Hall–Kier alpha value is -1.69. The van der Waals surface area contributed by atoms with E-state index in [9.17, 15) is 4.79 Å². The fraction of sp³-hybridized carbons (Fsp3) is 0.533. The zero-order valence-electron chi connectivity index (χ0n) is 11.8. The Morgan fingerprint density at radius 1 is 1.33 bits per heavy atom. The van der Waals surface area contributed by atoms with Crippen LogP contribution in [0.1, 0.15) is 25.7 Å². The molecule has 1 atom stereocenters. The largest absolute Gasteiger partial charge is 0.353 e. The lowest BCUT2D eigenvalue weighted by molar-refractivity contribution is -0.123. The zero-order valence-corrected chi connectivity index (χ0v) is 12.6. The van der Waals surface area contributed by atoms with Gasteiger partial charge in [0.25, 0.3) is 0 Å². The van der Waals surface area contributed by atoms with E-state index < -0.39 is 0 Å². The maximum absolute atomic E-state index is 11.9. The Labute approximate surface area is 127 Å². The molecule has 2 fully saturated rings. The van der Waals surface area contributed by atoms with Crippen molar-refractivity contribution in [1.82, 2.24) is 15.3 Å². The first-order chi connectivity index (χ1) is 10.3. The van der Waals surface area contributed by atoms with Crippen LogP contribution in [0, 0.1) is 5.92 Å². The van der Waals surface area contributed by atoms with Gasteiger partial charge >= 0.3 is 0 Å². The molecule has 4 rings (SSSR count). The summed E-state index contributed by atoms with van der Waals surface area (Å²) in [4.78, 5) is 23.0. The second-order valence-electron chi connectivity index (χ2n) is 5.90. The van der Waals surface area contributed by atoms with Gasteiger partial charge in [-0.3, -0.25) is 4.79 Å². The number of aromatic nitrogens is 2. The number of rotatable bonds is 3. The predicted octanol–water partition coefficient (Wildman–Crippen LogP) is 2.19. The summed E-state index contributed by atoms with van der Waals surface area (Å²) in [5.41, 5.74) is 1.01. The highest BCUT2D eigenvalue weighted by molar-refractivity contribution is 7.17. The van der Waals surface area contributed by atoms with Crippen molar-refractivity contribution in [3.63, 3.8) is 0 Å². The third-order valence-electron chi connectivity index (χ3n) is 4.24. The Balaban J connectivity index is 1.52. The van der Waals surface area contributed by atoms with E-state index >= 15 is 0 Å². The van der Waals surface area contributed by atoms with Gasteiger partial charge in [0.05, 0.1) is 10.2 Å². The first kappa shape index (κ1) is 13.0. The van der Waals surface area contributed by atoms with Crippen LogP contribution in [0.15, 0.2) is 17.8 Å². The maximum atomic E-state index is 11.9. The molecule has 2 aliphatic rings. The molecule has 0 radical (unpaired) electrons. The Kier molecular flexibility index (Phi) is 3.25. The molecule has 0 bridgehead atoms. The van der Waals surface area contributed by atoms with Gasteiger partial charge in [0.15, 0.2) is 0 Å². The Bertz CT molecular complexity index is 666. The van der Waals surface area contributed by atoms with Gasteiger partial charge in [-0.2, -0.15) is 0 Å². The van der Waals surface area contributed by atoms with E-state index in [1.165, 1.54) is 0 Å². The lowest BCUT2D eigenvalue weighted by Crippen LogP contribution is -2.48. The van der Waals surface area contributed by atoms with Gasteiger partial charge in [-0.15, -0.1) is 11.3 Å². The minimum absolute atomic E-state index is 0.241. The predicted molar refractivity (Wildman–Crippen MR) is 83.5 cm³/mol. The van der Waals surface area contributed by atoms with Crippen molar-refractivity contribution in [2.75, 3.05) is 18.0 Å². The molecule has 1 aliphatic carbocycles. The number of thiophene rings is 1. The molecular weight excluding hydrogens is 284 g/mol. The van der Waals surface area contributed by atoms with Crippen molar-refractivity contribution in [1.29, 1.82) is 0 Å². The fourth-order valence-corrected chi connectivity index (χ4v) is 3.81. The lowest BCUT2D eigenvalue weighted by Gasteiger charge is -2.34. The molecule has 1 unspecified atom stereocenters. The van der Waals surface area contributed by atoms with Crippen molar-refractivity contribution in [3.8, 4) is 0 Å². The lowest BCUT2D eigenvalue weighted by atomic mass is 10.1. The molecule has 21 heavy (non-hydrogen) atoms. The van der Waals surface area contributed by atoms with Crippen LogP contribution in [-0.2, 0) is 4.79 Å². The van der Waals surface area contributed by atoms with Crippen LogP contribution in [0.25, 0.3) is 10.2 Å². The second kappa shape index (κ2) is 5.26. The summed E-state index contributed by atoms with van der Waals surface area (Å²) in [6.45, 7) is 1.85. The van der Waals surface area contributed by atoms with E-state index in [4.69, 9.17) is 0 Å². The average molecular weight is 302 g/mol. The highest BCUT2D eigenvalue weighted by Crippen LogP contribution is 2.31. The number of piperidine rings is 1. The first-order valence-electron chi connectivity index (χ1n) is 7.55. The van der Waals surface area contributed by atoms with Gasteiger partial charge in [0.1, 0.15) is 12.1 Å².